The Morgan fingerprint density at radius 3 is 2.69 bits per heavy atom. The van der Waals surface area contributed by atoms with Gasteiger partial charge in [-0.2, -0.15) is 5.10 Å². The molecule has 29 heavy (non-hydrogen) atoms. The van der Waals surface area contributed by atoms with Gasteiger partial charge in [-0.3, -0.25) is 0 Å². The predicted molar refractivity (Wildman–Crippen MR) is 107 cm³/mol. The number of hydrogen-bond donors (Lipinski definition) is 1. The average Bonchev–Trinajstić information content (AvgIpc) is 3.22. The van der Waals surface area contributed by atoms with E-state index in [0.29, 0.717) is 17.9 Å². The van der Waals surface area contributed by atoms with E-state index in [2.05, 4.69) is 15.2 Å². The lowest BCUT2D eigenvalue weighted by Crippen LogP contribution is -2.22. The van der Waals surface area contributed by atoms with Crippen molar-refractivity contribution < 1.29 is 18.3 Å². The van der Waals surface area contributed by atoms with Crippen LogP contribution >= 0.6 is 0 Å². The van der Waals surface area contributed by atoms with Gasteiger partial charge in [-0.1, -0.05) is 36.4 Å². The summed E-state index contributed by atoms with van der Waals surface area (Å²) in [4.78, 5) is 11.3. The second kappa shape index (κ2) is 8.43. The summed E-state index contributed by atoms with van der Waals surface area (Å²) in [5, 5.41) is 7.25. The van der Waals surface area contributed by atoms with Gasteiger partial charge in [-0.05, 0) is 37.1 Å². The molecule has 1 unspecified atom stereocenters. The minimum Gasteiger partial charge on any atom is -0.453 e. The third-order valence-electron chi connectivity index (χ3n) is 4.88. The molecule has 1 heterocycles. The highest BCUT2D eigenvalue weighted by Gasteiger charge is 2.29. The molecule has 0 fully saturated rings. The topological polar surface area (TPSA) is 56.1 Å². The first-order valence-corrected chi connectivity index (χ1v) is 9.18. The molecule has 3 rings (SSSR count). The zero-order valence-corrected chi connectivity index (χ0v) is 16.6. The average molecular weight is 399 g/mol. The lowest BCUT2D eigenvalue weighted by molar-refractivity contribution is 0.142. The zero-order chi connectivity index (χ0) is 21.0. The normalized spacial score (nSPS) is 13.0. The summed E-state index contributed by atoms with van der Waals surface area (Å²) in [7, 11) is 1.31. The molecule has 5 nitrogen and oxygen atoms in total. The van der Waals surface area contributed by atoms with E-state index < -0.39 is 18.4 Å². The number of rotatable bonds is 6. The molecule has 7 heteroatoms. The Balaban J connectivity index is 1.95. The number of hydrogen-bond acceptors (Lipinski definition) is 3. The first-order chi connectivity index (χ1) is 13.9. The molecule has 1 aromatic heterocycles. The fourth-order valence-corrected chi connectivity index (χ4v) is 3.18. The summed E-state index contributed by atoms with van der Waals surface area (Å²) < 4.78 is 34.1. The number of para-hydroxylation sites is 1. The van der Waals surface area contributed by atoms with Crippen molar-refractivity contribution in [3.8, 4) is 16.9 Å². The number of aromatic nitrogens is 2. The number of alkyl carbamates (subject to hydrolysis) is 1. The van der Waals surface area contributed by atoms with Crippen molar-refractivity contribution in [2.45, 2.75) is 26.1 Å². The highest BCUT2D eigenvalue weighted by Crippen LogP contribution is 2.32. The van der Waals surface area contributed by atoms with E-state index in [4.69, 9.17) is 0 Å². The first-order valence-electron chi connectivity index (χ1n) is 9.18. The molecule has 3 aromatic rings. The molecule has 1 N–H and O–H groups in total. The number of halogens is 2. The third-order valence-corrected chi connectivity index (χ3v) is 4.88. The van der Waals surface area contributed by atoms with Crippen LogP contribution in [0.2, 0.25) is 0 Å². The molecule has 1 atom stereocenters. The molecule has 0 saturated carbocycles. The summed E-state index contributed by atoms with van der Waals surface area (Å²) >= 11 is 0. The van der Waals surface area contributed by atoms with Crippen LogP contribution in [0.1, 0.15) is 23.6 Å². The fourth-order valence-electron chi connectivity index (χ4n) is 3.18. The Labute approximate surface area is 168 Å². The first kappa shape index (κ1) is 20.5. The maximum Gasteiger partial charge on any atom is 0.407 e. The van der Waals surface area contributed by atoms with Crippen LogP contribution in [0.4, 0.5) is 13.6 Å². The maximum absolute atomic E-state index is 14.7. The van der Waals surface area contributed by atoms with Gasteiger partial charge < -0.3 is 10.1 Å². The van der Waals surface area contributed by atoms with Crippen LogP contribution in [0.5, 0.6) is 0 Å². The Kier molecular flexibility index (Phi) is 5.96. The van der Waals surface area contributed by atoms with Crippen LogP contribution in [-0.2, 0) is 17.0 Å². The number of nitrogens with one attached hydrogen (secondary N) is 1. The van der Waals surface area contributed by atoms with Crippen LogP contribution in [0.25, 0.3) is 16.9 Å². The van der Waals surface area contributed by atoms with E-state index in [0.717, 1.165) is 16.7 Å². The van der Waals surface area contributed by atoms with Crippen LogP contribution in [0, 0.1) is 6.92 Å². The summed E-state index contributed by atoms with van der Waals surface area (Å²) in [5.74, 6) is 0. The number of carbonyl (C=O) groups excluding carboxylic acids is 1. The van der Waals surface area contributed by atoms with E-state index in [1.807, 2.05) is 31.2 Å². The van der Waals surface area contributed by atoms with Crippen molar-refractivity contribution in [3.63, 3.8) is 0 Å². The van der Waals surface area contributed by atoms with E-state index in [9.17, 15) is 13.6 Å². The van der Waals surface area contributed by atoms with Crippen LogP contribution in [0.15, 0.2) is 54.7 Å². The molecule has 0 radical (unpaired) electrons. The van der Waals surface area contributed by atoms with Gasteiger partial charge in [0.15, 0.2) is 5.67 Å². The number of benzene rings is 2. The highest BCUT2D eigenvalue weighted by molar-refractivity contribution is 5.68. The van der Waals surface area contributed by atoms with Crippen molar-refractivity contribution in [1.82, 2.24) is 15.1 Å². The molecule has 152 valence electrons. The van der Waals surface area contributed by atoms with E-state index in [1.165, 1.54) is 14.0 Å². The Morgan fingerprint density at radius 1 is 1.21 bits per heavy atom. The molecule has 2 aromatic carbocycles. The highest BCUT2D eigenvalue weighted by atomic mass is 19.2. The molecule has 0 spiro atoms. The molecule has 0 aliphatic carbocycles. The molecule has 0 aliphatic rings. The maximum atomic E-state index is 14.7. The Bertz CT molecular complexity index is 1010. The predicted octanol–water partition coefficient (Wildman–Crippen LogP) is 4.86. The van der Waals surface area contributed by atoms with Crippen molar-refractivity contribution in [3.05, 3.63) is 71.4 Å². The Morgan fingerprint density at radius 2 is 1.97 bits per heavy atom. The summed E-state index contributed by atoms with van der Waals surface area (Å²) in [6.45, 7) is 2.37. The molecule has 1 amide bonds. The molecular formula is C22H23F2N3O2. The van der Waals surface area contributed by atoms with Crippen molar-refractivity contribution >= 4 is 6.09 Å². The van der Waals surface area contributed by atoms with Gasteiger partial charge >= 0.3 is 6.09 Å². The smallest absolute Gasteiger partial charge is 0.407 e. The molecular weight excluding hydrogens is 376 g/mol. The van der Waals surface area contributed by atoms with Crippen molar-refractivity contribution in [2.75, 3.05) is 13.8 Å². The minimum absolute atomic E-state index is 0.241. The third kappa shape index (κ3) is 4.29. The fraction of sp³-hybridized carbons (Fsp3) is 0.273. The second-order valence-corrected chi connectivity index (χ2v) is 6.93. The number of nitrogens with zero attached hydrogens (tertiary/aromatic N) is 2. The van der Waals surface area contributed by atoms with Crippen molar-refractivity contribution in [2.24, 2.45) is 0 Å². The van der Waals surface area contributed by atoms with Gasteiger partial charge in [-0.15, -0.1) is 0 Å². The van der Waals surface area contributed by atoms with Crippen molar-refractivity contribution in [1.29, 1.82) is 0 Å². The van der Waals surface area contributed by atoms with Gasteiger partial charge in [0.05, 0.1) is 18.5 Å². The number of carbonyl (C=O) groups is 1. The zero-order valence-electron chi connectivity index (χ0n) is 16.6. The summed E-state index contributed by atoms with van der Waals surface area (Å²) in [6, 6.07) is 14.3. The quantitative estimate of drug-likeness (QED) is 0.644. The minimum atomic E-state index is -2.10. The summed E-state index contributed by atoms with van der Waals surface area (Å²) in [5.41, 5.74) is 2.10. The number of amides is 1. The lowest BCUT2D eigenvalue weighted by Gasteiger charge is -2.20. The lowest BCUT2D eigenvalue weighted by atomic mass is 9.97. The van der Waals surface area contributed by atoms with E-state index >= 15 is 0 Å². The van der Waals surface area contributed by atoms with E-state index in [-0.39, 0.29) is 5.56 Å². The second-order valence-electron chi connectivity index (χ2n) is 6.93. The molecule has 0 aliphatic heterocycles. The number of methoxy groups -OCH3 is 1. The van der Waals surface area contributed by atoms with Crippen LogP contribution in [0.3, 0.4) is 0 Å². The number of alkyl halides is 2. The largest absolute Gasteiger partial charge is 0.453 e. The standard InChI is InChI=1S/C22H23F2N3O2/c1-15-16(13-25-21(28)29-3)7-6-8-17(15)19-11-12-27(26-19)20-10-5-4-9-18(20)22(2,24)14-23/h4-12H,13-14H2,1-3H3,(H,25,28). The van der Waals surface area contributed by atoms with E-state index in [1.54, 1.807) is 35.1 Å². The molecule has 0 saturated heterocycles. The van der Waals surface area contributed by atoms with Gasteiger partial charge in [0, 0.05) is 23.9 Å². The van der Waals surface area contributed by atoms with Gasteiger partial charge in [0.25, 0.3) is 0 Å². The van der Waals surface area contributed by atoms with Crippen LogP contribution in [-0.4, -0.2) is 29.7 Å². The SMILES string of the molecule is COC(=O)NCc1cccc(-c2ccn(-c3ccccc3C(C)(F)CF)n2)c1C. The Hall–Kier alpha value is -3.22. The van der Waals surface area contributed by atoms with Gasteiger partial charge in [-0.25, -0.2) is 18.3 Å². The molecule has 0 bridgehead atoms. The van der Waals surface area contributed by atoms with Gasteiger partial charge in [0.1, 0.15) is 6.67 Å². The number of ether oxygens (including phenoxy) is 1. The van der Waals surface area contributed by atoms with Gasteiger partial charge in [0.2, 0.25) is 0 Å². The van der Waals surface area contributed by atoms with Crippen LogP contribution < -0.4 is 5.32 Å². The monoisotopic (exact) mass is 399 g/mol. The summed E-state index contributed by atoms with van der Waals surface area (Å²) in [6.07, 6.45) is 1.22.